The van der Waals surface area contributed by atoms with E-state index in [1.807, 2.05) is 13.0 Å². The number of nitrogens with zero attached hydrogens (tertiary/aromatic N) is 2. The first-order valence-electron chi connectivity index (χ1n) is 9.01. The van der Waals surface area contributed by atoms with Crippen molar-refractivity contribution in [2.24, 2.45) is 5.73 Å². The topological polar surface area (TPSA) is 83.7 Å². The quantitative estimate of drug-likeness (QED) is 0.886. The number of rotatable bonds is 3. The van der Waals surface area contributed by atoms with Crippen LogP contribution in [0.5, 0.6) is 0 Å². The zero-order valence-corrected chi connectivity index (χ0v) is 15.8. The number of carbonyl (C=O) groups excluding carboxylic acids is 1. The van der Waals surface area contributed by atoms with Gasteiger partial charge in [0.2, 0.25) is 15.9 Å². The van der Waals surface area contributed by atoms with Crippen LogP contribution in [0.1, 0.15) is 45.1 Å². The van der Waals surface area contributed by atoms with Crippen LogP contribution < -0.4 is 10.6 Å². The second-order valence-corrected chi connectivity index (χ2v) is 8.99. The van der Waals surface area contributed by atoms with Gasteiger partial charge in [0.1, 0.15) is 0 Å². The fourth-order valence-electron chi connectivity index (χ4n) is 3.93. The minimum absolute atomic E-state index is 0.0538. The van der Waals surface area contributed by atoms with Gasteiger partial charge in [0, 0.05) is 37.8 Å². The van der Waals surface area contributed by atoms with Gasteiger partial charge in [-0.25, -0.2) is 8.42 Å². The Hall–Kier alpha value is -1.44. The molecule has 2 atom stereocenters. The maximum Gasteiger partial charge on any atom is 0.243 e. The van der Waals surface area contributed by atoms with Crippen molar-refractivity contribution in [1.82, 2.24) is 4.31 Å². The first-order chi connectivity index (χ1) is 11.8. The third kappa shape index (κ3) is 3.45. The van der Waals surface area contributed by atoms with E-state index in [-0.39, 0.29) is 22.9 Å². The molecule has 7 heteroatoms. The predicted molar refractivity (Wildman–Crippen MR) is 98.0 cm³/mol. The molecule has 25 heavy (non-hydrogen) atoms. The maximum atomic E-state index is 13.2. The SMILES string of the molecule is CC(=O)N1CCCc2ccc(S(=O)(=O)N3CCCCC3C(C)N)cc21. The first kappa shape index (κ1) is 18.4. The molecule has 2 heterocycles. The molecule has 1 saturated heterocycles. The molecule has 2 aliphatic heterocycles. The molecule has 0 aliphatic carbocycles. The Morgan fingerprint density at radius 1 is 1.24 bits per heavy atom. The molecule has 2 unspecified atom stereocenters. The van der Waals surface area contributed by atoms with E-state index >= 15 is 0 Å². The summed E-state index contributed by atoms with van der Waals surface area (Å²) in [7, 11) is -3.62. The molecule has 6 nitrogen and oxygen atoms in total. The van der Waals surface area contributed by atoms with Crippen LogP contribution in [-0.2, 0) is 21.2 Å². The molecular formula is C18H27N3O3S. The average molecular weight is 365 g/mol. The highest BCUT2D eigenvalue weighted by atomic mass is 32.2. The van der Waals surface area contributed by atoms with Crippen molar-refractivity contribution in [2.75, 3.05) is 18.0 Å². The lowest BCUT2D eigenvalue weighted by atomic mass is 10.00. The molecule has 0 bridgehead atoms. The number of amides is 1. The standard InChI is InChI=1S/C18H27N3O3S/c1-13(19)17-7-3-4-11-21(17)25(23,24)16-9-8-15-6-5-10-20(14(2)22)18(15)12-16/h8-9,12-13,17H,3-7,10-11,19H2,1-2H3. The summed E-state index contributed by atoms with van der Waals surface area (Å²) in [6.45, 7) is 4.52. The van der Waals surface area contributed by atoms with Gasteiger partial charge in [-0.15, -0.1) is 0 Å². The number of nitrogens with two attached hydrogens (primary N) is 1. The number of anilines is 1. The van der Waals surface area contributed by atoms with Gasteiger partial charge in [0.05, 0.1) is 4.90 Å². The van der Waals surface area contributed by atoms with Crippen molar-refractivity contribution >= 4 is 21.6 Å². The highest BCUT2D eigenvalue weighted by molar-refractivity contribution is 7.89. The van der Waals surface area contributed by atoms with E-state index in [1.165, 1.54) is 6.92 Å². The Kier molecular flexibility index (Phi) is 5.18. The zero-order valence-electron chi connectivity index (χ0n) is 14.9. The van der Waals surface area contributed by atoms with Gasteiger partial charge in [0.15, 0.2) is 0 Å². The Morgan fingerprint density at radius 2 is 2.00 bits per heavy atom. The van der Waals surface area contributed by atoms with Crippen LogP contribution >= 0.6 is 0 Å². The third-order valence-corrected chi connectivity index (χ3v) is 7.19. The van der Waals surface area contributed by atoms with Crippen LogP contribution in [0.4, 0.5) is 5.69 Å². The van der Waals surface area contributed by atoms with E-state index in [4.69, 9.17) is 5.73 Å². The molecule has 3 rings (SSSR count). The fourth-order valence-corrected chi connectivity index (χ4v) is 5.73. The van der Waals surface area contributed by atoms with Gasteiger partial charge in [0.25, 0.3) is 0 Å². The Balaban J connectivity index is 2.00. The number of benzene rings is 1. The zero-order chi connectivity index (χ0) is 18.2. The summed E-state index contributed by atoms with van der Waals surface area (Å²) in [5, 5.41) is 0. The summed E-state index contributed by atoms with van der Waals surface area (Å²) in [5.74, 6) is -0.0538. The van der Waals surface area contributed by atoms with E-state index in [1.54, 1.807) is 21.3 Å². The molecule has 0 spiro atoms. The van der Waals surface area contributed by atoms with Crippen LogP contribution in [-0.4, -0.2) is 43.8 Å². The summed E-state index contributed by atoms with van der Waals surface area (Å²) < 4.78 is 28.0. The van der Waals surface area contributed by atoms with Crippen molar-refractivity contribution in [3.63, 3.8) is 0 Å². The van der Waals surface area contributed by atoms with E-state index in [2.05, 4.69) is 0 Å². The van der Waals surface area contributed by atoms with E-state index in [0.29, 0.717) is 13.1 Å². The first-order valence-corrected chi connectivity index (χ1v) is 10.4. The summed E-state index contributed by atoms with van der Waals surface area (Å²) in [5.41, 5.74) is 7.81. The molecule has 0 radical (unpaired) electrons. The molecular weight excluding hydrogens is 338 g/mol. The highest BCUT2D eigenvalue weighted by Crippen LogP contribution is 2.33. The van der Waals surface area contributed by atoms with Gasteiger partial charge >= 0.3 is 0 Å². The van der Waals surface area contributed by atoms with Crippen molar-refractivity contribution < 1.29 is 13.2 Å². The fraction of sp³-hybridized carbons (Fsp3) is 0.611. The van der Waals surface area contributed by atoms with Crippen LogP contribution in [0.3, 0.4) is 0 Å². The van der Waals surface area contributed by atoms with Gasteiger partial charge in [-0.3, -0.25) is 4.79 Å². The second kappa shape index (κ2) is 7.05. The molecule has 1 aromatic carbocycles. The number of carbonyl (C=O) groups is 1. The number of sulfonamides is 1. The number of hydrogen-bond acceptors (Lipinski definition) is 4. The van der Waals surface area contributed by atoms with E-state index in [0.717, 1.165) is 43.4 Å². The summed E-state index contributed by atoms with van der Waals surface area (Å²) >= 11 is 0. The Morgan fingerprint density at radius 3 is 2.68 bits per heavy atom. The Labute approximate surface area is 150 Å². The largest absolute Gasteiger partial charge is 0.326 e. The molecule has 2 N–H and O–H groups in total. The monoisotopic (exact) mass is 365 g/mol. The second-order valence-electron chi connectivity index (χ2n) is 7.10. The lowest BCUT2D eigenvalue weighted by molar-refractivity contribution is -0.116. The van der Waals surface area contributed by atoms with E-state index in [9.17, 15) is 13.2 Å². The number of hydrogen-bond donors (Lipinski definition) is 1. The normalized spacial score (nSPS) is 23.2. The van der Waals surface area contributed by atoms with Crippen molar-refractivity contribution in [3.05, 3.63) is 23.8 Å². The van der Waals surface area contributed by atoms with Crippen molar-refractivity contribution in [1.29, 1.82) is 0 Å². The van der Waals surface area contributed by atoms with Crippen molar-refractivity contribution in [3.8, 4) is 0 Å². The van der Waals surface area contributed by atoms with Gasteiger partial charge < -0.3 is 10.6 Å². The van der Waals surface area contributed by atoms with E-state index < -0.39 is 10.0 Å². The van der Waals surface area contributed by atoms with Gasteiger partial charge in [-0.1, -0.05) is 12.5 Å². The smallest absolute Gasteiger partial charge is 0.243 e. The summed E-state index contributed by atoms with van der Waals surface area (Å²) in [6.07, 6.45) is 4.41. The highest BCUT2D eigenvalue weighted by Gasteiger charge is 2.36. The number of piperidine rings is 1. The lowest BCUT2D eigenvalue weighted by Crippen LogP contribution is -2.51. The summed E-state index contributed by atoms with van der Waals surface area (Å²) in [6, 6.07) is 4.81. The predicted octanol–water partition coefficient (Wildman–Crippen LogP) is 1.88. The average Bonchev–Trinajstić information content (AvgIpc) is 2.60. The van der Waals surface area contributed by atoms with Crippen molar-refractivity contribution in [2.45, 2.75) is 62.9 Å². The van der Waals surface area contributed by atoms with Gasteiger partial charge in [-0.2, -0.15) is 4.31 Å². The molecule has 0 aromatic heterocycles. The Bertz CT molecular complexity index is 761. The molecule has 138 valence electrons. The van der Waals surface area contributed by atoms with Gasteiger partial charge in [-0.05, 0) is 50.3 Å². The maximum absolute atomic E-state index is 13.2. The molecule has 1 amide bonds. The number of aryl methyl sites for hydroxylation is 1. The van der Waals surface area contributed by atoms with Crippen LogP contribution in [0, 0.1) is 0 Å². The minimum atomic E-state index is -3.62. The lowest BCUT2D eigenvalue weighted by Gasteiger charge is -2.37. The van der Waals surface area contributed by atoms with Crippen LogP contribution in [0.15, 0.2) is 23.1 Å². The molecule has 0 saturated carbocycles. The third-order valence-electron chi connectivity index (χ3n) is 5.27. The minimum Gasteiger partial charge on any atom is -0.326 e. The van der Waals surface area contributed by atoms with Crippen LogP contribution in [0.2, 0.25) is 0 Å². The molecule has 1 fully saturated rings. The summed E-state index contributed by atoms with van der Waals surface area (Å²) in [4.78, 5) is 13.8. The number of fused-ring (bicyclic) bond motifs is 1. The molecule has 1 aromatic rings. The van der Waals surface area contributed by atoms with Crippen LogP contribution in [0.25, 0.3) is 0 Å². The molecule has 2 aliphatic rings.